The summed E-state index contributed by atoms with van der Waals surface area (Å²) in [6.45, 7) is 0. The van der Waals surface area contributed by atoms with Gasteiger partial charge in [-0.1, -0.05) is 5.16 Å². The third-order valence-corrected chi connectivity index (χ3v) is 3.38. The molecule has 108 valence electrons. The maximum Gasteiger partial charge on any atom is 0.256 e. The number of nitrogens with two attached hydrogens (primary N) is 1. The van der Waals surface area contributed by atoms with Crippen molar-refractivity contribution in [1.29, 1.82) is 0 Å². The van der Waals surface area contributed by atoms with Gasteiger partial charge in [-0.2, -0.15) is 0 Å². The number of amides is 1. The normalized spacial score (nSPS) is 11.2. The molecule has 21 heavy (non-hydrogen) atoms. The van der Waals surface area contributed by atoms with Crippen molar-refractivity contribution >= 4 is 33.4 Å². The van der Waals surface area contributed by atoms with Gasteiger partial charge in [-0.05, 0) is 58.4 Å². The molecule has 5 nitrogen and oxygen atoms in total. The number of rotatable bonds is 3. The van der Waals surface area contributed by atoms with Gasteiger partial charge in [-0.3, -0.25) is 4.79 Å². The van der Waals surface area contributed by atoms with E-state index in [-0.39, 0.29) is 11.7 Å². The van der Waals surface area contributed by atoms with Crippen LogP contribution in [0.1, 0.15) is 15.9 Å². The Hall–Kier alpha value is -2.41. The lowest BCUT2D eigenvalue weighted by Gasteiger charge is -2.07. The van der Waals surface area contributed by atoms with E-state index in [2.05, 4.69) is 26.4 Å². The van der Waals surface area contributed by atoms with Crippen LogP contribution >= 0.6 is 15.9 Å². The Morgan fingerprint density at radius 2 is 1.90 bits per heavy atom. The van der Waals surface area contributed by atoms with Gasteiger partial charge in [-0.25, -0.2) is 4.39 Å². The molecule has 0 aromatic heterocycles. The molecule has 0 radical (unpaired) electrons. The van der Waals surface area contributed by atoms with E-state index in [1.807, 2.05) is 0 Å². The quantitative estimate of drug-likeness (QED) is 0.344. The van der Waals surface area contributed by atoms with Gasteiger partial charge in [0.2, 0.25) is 0 Å². The summed E-state index contributed by atoms with van der Waals surface area (Å²) in [4.78, 5) is 12.1. The minimum Gasteiger partial charge on any atom is -0.409 e. The van der Waals surface area contributed by atoms with Crippen LogP contribution in [0.25, 0.3) is 0 Å². The second-order valence-corrected chi connectivity index (χ2v) is 5.00. The number of benzene rings is 2. The highest BCUT2D eigenvalue weighted by molar-refractivity contribution is 9.10. The van der Waals surface area contributed by atoms with Crippen molar-refractivity contribution in [3.05, 3.63) is 63.9 Å². The summed E-state index contributed by atoms with van der Waals surface area (Å²) in [5.41, 5.74) is 6.82. The van der Waals surface area contributed by atoms with Gasteiger partial charge in [0, 0.05) is 15.7 Å². The largest absolute Gasteiger partial charge is 0.409 e. The summed E-state index contributed by atoms with van der Waals surface area (Å²) < 4.78 is 13.4. The molecule has 0 fully saturated rings. The minimum absolute atomic E-state index is 0.0193. The second kappa shape index (κ2) is 6.36. The zero-order valence-electron chi connectivity index (χ0n) is 10.7. The lowest BCUT2D eigenvalue weighted by Crippen LogP contribution is -2.14. The highest BCUT2D eigenvalue weighted by Gasteiger charge is 2.11. The van der Waals surface area contributed by atoms with Crippen molar-refractivity contribution in [1.82, 2.24) is 0 Å². The van der Waals surface area contributed by atoms with Gasteiger partial charge in [0.15, 0.2) is 5.84 Å². The van der Waals surface area contributed by atoms with Gasteiger partial charge in [0.25, 0.3) is 5.91 Å². The molecule has 7 heteroatoms. The molecule has 0 aliphatic heterocycles. The van der Waals surface area contributed by atoms with Crippen LogP contribution in [0.15, 0.2) is 52.1 Å². The number of anilines is 1. The first-order chi connectivity index (χ1) is 10.0. The summed E-state index contributed by atoms with van der Waals surface area (Å²) >= 11 is 3.14. The molecule has 1 amide bonds. The molecular formula is C14H11BrFN3O2. The Kier molecular flexibility index (Phi) is 4.54. The molecule has 0 unspecified atom stereocenters. The third kappa shape index (κ3) is 3.57. The van der Waals surface area contributed by atoms with Gasteiger partial charge in [0.05, 0.1) is 5.56 Å². The van der Waals surface area contributed by atoms with E-state index in [1.54, 1.807) is 24.3 Å². The van der Waals surface area contributed by atoms with Crippen LogP contribution in [0.2, 0.25) is 0 Å². The van der Waals surface area contributed by atoms with Gasteiger partial charge < -0.3 is 16.3 Å². The summed E-state index contributed by atoms with van der Waals surface area (Å²) in [6, 6.07) is 10.2. The van der Waals surface area contributed by atoms with Crippen LogP contribution in [0, 0.1) is 5.82 Å². The Morgan fingerprint density at radius 3 is 2.48 bits per heavy atom. The van der Waals surface area contributed by atoms with Crippen molar-refractivity contribution in [2.75, 3.05) is 5.32 Å². The number of halogens is 2. The monoisotopic (exact) mass is 351 g/mol. The topological polar surface area (TPSA) is 87.7 Å². The fourth-order valence-corrected chi connectivity index (χ4v) is 2.19. The molecule has 2 aromatic rings. The highest BCUT2D eigenvalue weighted by atomic mass is 79.9. The Balaban J connectivity index is 2.16. The van der Waals surface area contributed by atoms with Crippen molar-refractivity contribution in [2.24, 2.45) is 10.9 Å². The SMILES string of the molecule is N/C(=N/O)c1ccc(NC(=O)c2ccc(F)cc2Br)cc1. The molecule has 2 aromatic carbocycles. The molecule has 0 saturated heterocycles. The third-order valence-electron chi connectivity index (χ3n) is 2.72. The van der Waals surface area contributed by atoms with Crippen LogP contribution in [0.5, 0.6) is 0 Å². The first-order valence-corrected chi connectivity index (χ1v) is 6.65. The summed E-state index contributed by atoms with van der Waals surface area (Å²) in [5.74, 6) is -0.825. The summed E-state index contributed by atoms with van der Waals surface area (Å²) in [6.07, 6.45) is 0. The molecule has 0 heterocycles. The Bertz CT molecular complexity index is 702. The van der Waals surface area contributed by atoms with Gasteiger partial charge in [0.1, 0.15) is 5.82 Å². The lowest BCUT2D eigenvalue weighted by molar-refractivity contribution is 0.102. The smallest absolute Gasteiger partial charge is 0.256 e. The van der Waals surface area contributed by atoms with E-state index in [1.165, 1.54) is 18.2 Å². The number of hydrogen-bond donors (Lipinski definition) is 3. The minimum atomic E-state index is -0.429. The molecular weight excluding hydrogens is 341 g/mol. The predicted molar refractivity (Wildman–Crippen MR) is 81.0 cm³/mol. The molecule has 0 bridgehead atoms. The molecule has 2 rings (SSSR count). The van der Waals surface area contributed by atoms with Crippen molar-refractivity contribution in [2.45, 2.75) is 0 Å². The van der Waals surface area contributed by atoms with E-state index >= 15 is 0 Å². The maximum atomic E-state index is 13.0. The molecule has 0 atom stereocenters. The summed E-state index contributed by atoms with van der Waals surface area (Å²) in [7, 11) is 0. The van der Waals surface area contributed by atoms with Crippen molar-refractivity contribution in [3.63, 3.8) is 0 Å². The Labute approximate surface area is 128 Å². The van der Waals surface area contributed by atoms with E-state index in [0.29, 0.717) is 21.3 Å². The van der Waals surface area contributed by atoms with E-state index < -0.39 is 5.82 Å². The number of oxime groups is 1. The fraction of sp³-hybridized carbons (Fsp3) is 0. The van der Waals surface area contributed by atoms with Gasteiger partial charge >= 0.3 is 0 Å². The predicted octanol–water partition coefficient (Wildman–Crippen LogP) is 2.94. The standard InChI is InChI=1S/C14H11BrFN3O2/c15-12-7-9(16)3-6-11(12)14(20)18-10-4-1-8(2-5-10)13(17)19-21/h1-7,21H,(H2,17,19)(H,18,20). The molecule has 0 aliphatic carbocycles. The zero-order chi connectivity index (χ0) is 15.4. The van der Waals surface area contributed by atoms with Gasteiger partial charge in [-0.15, -0.1) is 0 Å². The van der Waals surface area contributed by atoms with Crippen molar-refractivity contribution < 1.29 is 14.4 Å². The number of hydrogen-bond acceptors (Lipinski definition) is 3. The van der Waals surface area contributed by atoms with E-state index in [0.717, 1.165) is 0 Å². The molecule has 0 saturated carbocycles. The first kappa shape index (κ1) is 15.0. The maximum absolute atomic E-state index is 13.0. The average molecular weight is 352 g/mol. The van der Waals surface area contributed by atoms with Crippen molar-refractivity contribution in [3.8, 4) is 0 Å². The van der Waals surface area contributed by atoms with Crippen LogP contribution in [-0.4, -0.2) is 17.0 Å². The van der Waals surface area contributed by atoms with Crippen LogP contribution < -0.4 is 11.1 Å². The summed E-state index contributed by atoms with van der Waals surface area (Å²) in [5, 5.41) is 14.1. The molecule has 4 N–H and O–H groups in total. The van der Waals surface area contributed by atoms with Crippen LogP contribution in [0.4, 0.5) is 10.1 Å². The first-order valence-electron chi connectivity index (χ1n) is 5.85. The molecule has 0 aliphatic rings. The fourth-order valence-electron chi connectivity index (χ4n) is 1.65. The van der Waals surface area contributed by atoms with E-state index in [9.17, 15) is 9.18 Å². The Morgan fingerprint density at radius 1 is 1.24 bits per heavy atom. The lowest BCUT2D eigenvalue weighted by atomic mass is 10.1. The molecule has 0 spiro atoms. The second-order valence-electron chi connectivity index (χ2n) is 4.14. The number of carbonyl (C=O) groups is 1. The van der Waals surface area contributed by atoms with E-state index in [4.69, 9.17) is 10.9 Å². The zero-order valence-corrected chi connectivity index (χ0v) is 12.3. The number of carbonyl (C=O) groups excluding carboxylic acids is 1. The van der Waals surface area contributed by atoms with Crippen LogP contribution in [0.3, 0.4) is 0 Å². The number of nitrogens with one attached hydrogen (secondary N) is 1. The highest BCUT2D eigenvalue weighted by Crippen LogP contribution is 2.19. The average Bonchev–Trinajstić information content (AvgIpc) is 2.47. The number of nitrogens with zero attached hydrogens (tertiary/aromatic N) is 1. The van der Waals surface area contributed by atoms with Crippen LogP contribution in [-0.2, 0) is 0 Å². The number of amidine groups is 1.